The summed E-state index contributed by atoms with van der Waals surface area (Å²) in [6.45, 7) is 5.89. The van der Waals surface area contributed by atoms with Crippen LogP contribution >= 0.6 is 0 Å². The number of rotatable bonds is 1. The van der Waals surface area contributed by atoms with Gasteiger partial charge in [0.25, 0.3) is 0 Å². The van der Waals surface area contributed by atoms with E-state index in [0.29, 0.717) is 5.69 Å². The summed E-state index contributed by atoms with van der Waals surface area (Å²) in [7, 11) is -3.75. The van der Waals surface area contributed by atoms with Gasteiger partial charge in [0.05, 0.1) is 10.6 Å². The second kappa shape index (κ2) is 5.25. The molecule has 1 aliphatic heterocycles. The van der Waals surface area contributed by atoms with E-state index in [1.165, 1.54) is 6.20 Å². The van der Waals surface area contributed by atoms with E-state index >= 15 is 0 Å². The molecular formula is C18H16N2O2S. The predicted octanol–water partition coefficient (Wildman–Crippen LogP) is 3.90. The first-order chi connectivity index (χ1) is 10.8. The lowest BCUT2D eigenvalue weighted by Gasteiger charge is -2.29. The van der Waals surface area contributed by atoms with E-state index in [1.807, 2.05) is 51.1 Å². The maximum Gasteiger partial charge on any atom is 0.220 e. The van der Waals surface area contributed by atoms with Gasteiger partial charge >= 0.3 is 0 Å². The standard InChI is InChI=1S/C18H16N2O2S/c1-12-4-6-16(14(3)8-12)20-11-15(10-19)23(21,22)18-7-5-13(2)9-17(18)20/h4-9,11H,1-3H3. The van der Waals surface area contributed by atoms with Gasteiger partial charge in [0.15, 0.2) is 4.91 Å². The summed E-state index contributed by atoms with van der Waals surface area (Å²) >= 11 is 0. The molecule has 0 saturated carbocycles. The Kier molecular flexibility index (Phi) is 3.50. The maximum atomic E-state index is 12.5. The molecule has 1 heterocycles. The van der Waals surface area contributed by atoms with Crippen LogP contribution in [0, 0.1) is 32.1 Å². The van der Waals surface area contributed by atoms with E-state index in [-0.39, 0.29) is 9.80 Å². The van der Waals surface area contributed by atoms with E-state index in [4.69, 9.17) is 0 Å². The van der Waals surface area contributed by atoms with Gasteiger partial charge in [-0.1, -0.05) is 23.8 Å². The van der Waals surface area contributed by atoms with Crippen molar-refractivity contribution in [3.63, 3.8) is 0 Å². The molecule has 116 valence electrons. The fourth-order valence-electron chi connectivity index (χ4n) is 2.78. The number of benzene rings is 2. The molecule has 2 aromatic rings. The molecule has 3 rings (SSSR count). The van der Waals surface area contributed by atoms with E-state index in [0.717, 1.165) is 22.4 Å². The van der Waals surface area contributed by atoms with E-state index in [9.17, 15) is 13.7 Å². The third-order valence-corrected chi connectivity index (χ3v) is 5.62. The molecule has 0 amide bonds. The van der Waals surface area contributed by atoms with Crippen molar-refractivity contribution in [2.75, 3.05) is 4.90 Å². The smallest absolute Gasteiger partial charge is 0.220 e. The molecule has 0 unspecified atom stereocenters. The van der Waals surface area contributed by atoms with Crippen LogP contribution in [0.15, 0.2) is 52.4 Å². The number of aryl methyl sites for hydroxylation is 3. The van der Waals surface area contributed by atoms with Gasteiger partial charge in [-0.25, -0.2) is 8.42 Å². The van der Waals surface area contributed by atoms with Crippen molar-refractivity contribution in [1.82, 2.24) is 0 Å². The highest BCUT2D eigenvalue weighted by Gasteiger charge is 2.32. The van der Waals surface area contributed by atoms with Crippen LogP contribution < -0.4 is 4.90 Å². The lowest BCUT2D eigenvalue weighted by atomic mass is 10.1. The van der Waals surface area contributed by atoms with E-state index in [1.54, 1.807) is 17.0 Å². The number of nitriles is 1. The molecule has 23 heavy (non-hydrogen) atoms. The van der Waals surface area contributed by atoms with Crippen molar-refractivity contribution in [2.24, 2.45) is 0 Å². The van der Waals surface area contributed by atoms with Crippen molar-refractivity contribution in [1.29, 1.82) is 5.26 Å². The first kappa shape index (κ1) is 15.3. The van der Waals surface area contributed by atoms with Crippen molar-refractivity contribution in [3.8, 4) is 6.07 Å². The summed E-state index contributed by atoms with van der Waals surface area (Å²) in [5, 5.41) is 9.26. The summed E-state index contributed by atoms with van der Waals surface area (Å²) in [4.78, 5) is 1.72. The van der Waals surface area contributed by atoms with Gasteiger partial charge in [-0.3, -0.25) is 0 Å². The minimum atomic E-state index is -3.75. The highest BCUT2D eigenvalue weighted by atomic mass is 32.2. The van der Waals surface area contributed by atoms with Crippen LogP contribution in [-0.2, 0) is 9.84 Å². The van der Waals surface area contributed by atoms with Crippen molar-refractivity contribution in [3.05, 3.63) is 64.2 Å². The molecule has 0 atom stereocenters. The van der Waals surface area contributed by atoms with Crippen LogP contribution in [0.5, 0.6) is 0 Å². The first-order valence-electron chi connectivity index (χ1n) is 7.19. The number of anilines is 2. The molecule has 0 N–H and O–H groups in total. The monoisotopic (exact) mass is 324 g/mol. The van der Waals surface area contributed by atoms with Crippen LogP contribution in [-0.4, -0.2) is 8.42 Å². The predicted molar refractivity (Wildman–Crippen MR) is 90.1 cm³/mol. The maximum absolute atomic E-state index is 12.5. The number of sulfone groups is 1. The highest BCUT2D eigenvalue weighted by molar-refractivity contribution is 7.95. The number of nitrogens with zero attached hydrogens (tertiary/aromatic N) is 2. The van der Waals surface area contributed by atoms with Crippen molar-refractivity contribution >= 4 is 21.2 Å². The van der Waals surface area contributed by atoms with Gasteiger partial charge in [0, 0.05) is 11.9 Å². The van der Waals surface area contributed by atoms with Crippen LogP contribution in [0.25, 0.3) is 0 Å². The topological polar surface area (TPSA) is 61.2 Å². The lowest BCUT2D eigenvalue weighted by Crippen LogP contribution is -2.22. The molecule has 0 aromatic heterocycles. The van der Waals surface area contributed by atoms with Gasteiger partial charge in [0.2, 0.25) is 9.84 Å². The molecule has 1 aliphatic rings. The molecule has 2 aromatic carbocycles. The zero-order valence-electron chi connectivity index (χ0n) is 13.2. The second-order valence-corrected chi connectivity index (χ2v) is 7.63. The van der Waals surface area contributed by atoms with E-state index < -0.39 is 9.84 Å². The largest absolute Gasteiger partial charge is 0.314 e. The molecule has 5 heteroatoms. The Balaban J connectivity index is 2.33. The molecule has 0 radical (unpaired) electrons. The molecule has 0 spiro atoms. The van der Waals surface area contributed by atoms with Crippen LogP contribution in [0.4, 0.5) is 11.4 Å². The Bertz CT molecular complexity index is 983. The Labute approximate surface area is 136 Å². The number of allylic oxidation sites excluding steroid dienone is 1. The molecule has 0 saturated heterocycles. The molecule has 0 bridgehead atoms. The van der Waals surface area contributed by atoms with Gasteiger partial charge in [-0.05, 0) is 50.1 Å². The van der Waals surface area contributed by atoms with Crippen LogP contribution in [0.3, 0.4) is 0 Å². The quantitative estimate of drug-likeness (QED) is 0.798. The Morgan fingerprint density at radius 3 is 2.26 bits per heavy atom. The Morgan fingerprint density at radius 2 is 1.61 bits per heavy atom. The molecular weight excluding hydrogens is 308 g/mol. The fourth-order valence-corrected chi connectivity index (χ4v) is 4.06. The summed E-state index contributed by atoms with van der Waals surface area (Å²) < 4.78 is 25.1. The lowest BCUT2D eigenvalue weighted by molar-refractivity contribution is 0.602. The SMILES string of the molecule is Cc1ccc(N2C=C(C#N)S(=O)(=O)c3ccc(C)cc32)c(C)c1. The van der Waals surface area contributed by atoms with Crippen LogP contribution in [0.1, 0.15) is 16.7 Å². The van der Waals surface area contributed by atoms with Gasteiger partial charge in [-0.15, -0.1) is 0 Å². The van der Waals surface area contributed by atoms with Crippen molar-refractivity contribution < 1.29 is 8.42 Å². The van der Waals surface area contributed by atoms with Gasteiger partial charge < -0.3 is 4.90 Å². The average molecular weight is 324 g/mol. The first-order valence-corrected chi connectivity index (χ1v) is 8.67. The minimum absolute atomic E-state index is 0.169. The minimum Gasteiger partial charge on any atom is -0.314 e. The Hall–Kier alpha value is -2.58. The number of hydrogen-bond acceptors (Lipinski definition) is 4. The van der Waals surface area contributed by atoms with Crippen LogP contribution in [0.2, 0.25) is 0 Å². The zero-order chi connectivity index (χ0) is 16.8. The Morgan fingerprint density at radius 1 is 0.957 bits per heavy atom. The van der Waals surface area contributed by atoms with Crippen molar-refractivity contribution in [2.45, 2.75) is 25.7 Å². The third-order valence-electron chi connectivity index (χ3n) is 3.92. The van der Waals surface area contributed by atoms with Gasteiger partial charge in [-0.2, -0.15) is 5.26 Å². The summed E-state index contributed by atoms with van der Waals surface area (Å²) in [5.41, 5.74) is 4.55. The normalized spacial score (nSPS) is 15.6. The molecule has 0 aliphatic carbocycles. The summed E-state index contributed by atoms with van der Waals surface area (Å²) in [5.74, 6) is 0. The van der Waals surface area contributed by atoms with E-state index in [2.05, 4.69) is 0 Å². The number of hydrogen-bond donors (Lipinski definition) is 0. The highest BCUT2D eigenvalue weighted by Crippen LogP contribution is 2.40. The average Bonchev–Trinajstić information content (AvgIpc) is 2.48. The second-order valence-electron chi connectivity index (χ2n) is 5.74. The fraction of sp³-hybridized carbons (Fsp3) is 0.167. The summed E-state index contributed by atoms with van der Waals surface area (Å²) in [6, 6.07) is 12.9. The number of fused-ring (bicyclic) bond motifs is 1. The molecule has 4 nitrogen and oxygen atoms in total. The van der Waals surface area contributed by atoms with Gasteiger partial charge in [0.1, 0.15) is 6.07 Å². The summed E-state index contributed by atoms with van der Waals surface area (Å²) in [6.07, 6.45) is 1.41. The zero-order valence-corrected chi connectivity index (χ0v) is 14.0. The third kappa shape index (κ3) is 2.41. The molecule has 0 fully saturated rings.